The molecular formula is C25H32N2O10. The minimum atomic E-state index is -1.82. The Morgan fingerprint density at radius 2 is 1.27 bits per heavy atom. The first-order chi connectivity index (χ1) is 17.7. The molecule has 0 radical (unpaired) electrons. The maximum atomic E-state index is 13.1. The summed E-state index contributed by atoms with van der Waals surface area (Å²) in [6.45, 7) is 3.50. The highest BCUT2D eigenvalue weighted by Crippen LogP contribution is 2.38. The van der Waals surface area contributed by atoms with E-state index in [0.717, 1.165) is 36.7 Å². The summed E-state index contributed by atoms with van der Waals surface area (Å²) in [7, 11) is 7.94. The van der Waals surface area contributed by atoms with Crippen LogP contribution in [0.2, 0.25) is 0 Å². The van der Waals surface area contributed by atoms with Crippen molar-refractivity contribution in [2.75, 3.05) is 61.7 Å². The molecule has 3 rings (SSSR count). The van der Waals surface area contributed by atoms with Crippen molar-refractivity contribution >= 4 is 17.8 Å². The number of rotatable bonds is 8. The summed E-state index contributed by atoms with van der Waals surface area (Å²) in [6.07, 6.45) is 0. The predicted molar refractivity (Wildman–Crippen MR) is 132 cm³/mol. The number of ether oxygens (including phenoxy) is 5. The minimum absolute atomic E-state index is 0.0575. The van der Waals surface area contributed by atoms with Gasteiger partial charge in [-0.2, -0.15) is 0 Å². The van der Waals surface area contributed by atoms with Crippen molar-refractivity contribution in [3.05, 3.63) is 41.5 Å². The zero-order valence-corrected chi connectivity index (χ0v) is 21.5. The number of hydrogen-bond acceptors (Lipinski definition) is 9. The number of carbonyl (C=O) groups excluding carboxylic acids is 1. The third kappa shape index (κ3) is 7.64. The molecule has 2 aromatic carbocycles. The van der Waals surface area contributed by atoms with Crippen molar-refractivity contribution in [2.24, 2.45) is 0 Å². The number of piperazine rings is 1. The molecule has 12 nitrogen and oxygen atoms in total. The molecule has 0 saturated carbocycles. The van der Waals surface area contributed by atoms with E-state index in [1.165, 1.54) is 14.2 Å². The maximum Gasteiger partial charge on any atom is 0.414 e. The monoisotopic (exact) mass is 520 g/mol. The van der Waals surface area contributed by atoms with Crippen molar-refractivity contribution in [3.8, 4) is 28.7 Å². The lowest BCUT2D eigenvalue weighted by Crippen LogP contribution is -2.48. The number of carboxylic acids is 2. The van der Waals surface area contributed by atoms with Crippen molar-refractivity contribution in [2.45, 2.75) is 6.54 Å². The second-order valence-electron chi connectivity index (χ2n) is 7.77. The Balaban J connectivity index is 0.000000717. The lowest BCUT2D eigenvalue weighted by molar-refractivity contribution is -0.159. The number of carboxylic acid groups (broad SMARTS) is 2. The molecule has 1 aliphatic heterocycles. The van der Waals surface area contributed by atoms with Crippen LogP contribution in [0.3, 0.4) is 0 Å². The van der Waals surface area contributed by atoms with E-state index in [9.17, 15) is 4.79 Å². The molecule has 0 spiro atoms. The van der Waals surface area contributed by atoms with Crippen LogP contribution in [0.1, 0.15) is 15.9 Å². The van der Waals surface area contributed by atoms with E-state index in [2.05, 4.69) is 4.90 Å². The van der Waals surface area contributed by atoms with Gasteiger partial charge in [-0.25, -0.2) is 9.59 Å². The van der Waals surface area contributed by atoms with Crippen LogP contribution in [0.15, 0.2) is 30.3 Å². The number of nitrogens with zero attached hydrogens (tertiary/aromatic N) is 2. The molecule has 0 atom stereocenters. The molecule has 1 heterocycles. The van der Waals surface area contributed by atoms with Gasteiger partial charge in [-0.1, -0.05) is 0 Å². The second-order valence-corrected chi connectivity index (χ2v) is 7.77. The molecule has 12 heteroatoms. The first-order valence-corrected chi connectivity index (χ1v) is 11.2. The number of benzene rings is 2. The van der Waals surface area contributed by atoms with Crippen LogP contribution in [0.4, 0.5) is 0 Å². The van der Waals surface area contributed by atoms with E-state index in [1.807, 2.05) is 23.1 Å². The van der Waals surface area contributed by atoms with E-state index in [1.54, 1.807) is 33.5 Å². The molecule has 0 unspecified atom stereocenters. The SMILES string of the molecule is COc1ccc(OC)c(CN2CCN(C(=O)c3cc(OC)c(OC)c(OC)c3)CC2)c1.O=C(O)C(=O)O. The minimum Gasteiger partial charge on any atom is -0.497 e. The van der Waals surface area contributed by atoms with E-state index >= 15 is 0 Å². The molecule has 1 amide bonds. The van der Waals surface area contributed by atoms with Gasteiger partial charge in [-0.3, -0.25) is 9.69 Å². The Hall–Kier alpha value is -4.19. The number of carbonyl (C=O) groups is 3. The lowest BCUT2D eigenvalue weighted by Gasteiger charge is -2.35. The van der Waals surface area contributed by atoms with Gasteiger partial charge >= 0.3 is 11.9 Å². The van der Waals surface area contributed by atoms with Gasteiger partial charge in [0.1, 0.15) is 11.5 Å². The van der Waals surface area contributed by atoms with Crippen LogP contribution < -0.4 is 23.7 Å². The standard InChI is InChI=1S/C23H30N2O6.C2H2O4/c1-27-18-6-7-19(28-2)17(12-18)15-24-8-10-25(11-9-24)23(26)16-13-20(29-3)22(31-5)21(14-16)30-4;3-1(4)2(5)6/h6-7,12-14H,8-11,15H2,1-5H3;(H,3,4)(H,5,6). The first kappa shape index (κ1) is 29.0. The normalized spacial score (nSPS) is 13.1. The van der Waals surface area contributed by atoms with Gasteiger partial charge in [-0.05, 0) is 30.3 Å². The van der Waals surface area contributed by atoms with Gasteiger partial charge in [-0.15, -0.1) is 0 Å². The molecule has 37 heavy (non-hydrogen) atoms. The summed E-state index contributed by atoms with van der Waals surface area (Å²) in [5.74, 6) is -0.673. The van der Waals surface area contributed by atoms with Gasteiger partial charge in [0.05, 0.1) is 35.5 Å². The van der Waals surface area contributed by atoms with E-state index in [4.69, 9.17) is 43.5 Å². The molecule has 2 N–H and O–H groups in total. The molecule has 2 aromatic rings. The average Bonchev–Trinajstić information content (AvgIpc) is 2.92. The fourth-order valence-corrected chi connectivity index (χ4v) is 3.74. The second kappa shape index (κ2) is 13.8. The summed E-state index contributed by atoms with van der Waals surface area (Å²) in [4.78, 5) is 35.5. The van der Waals surface area contributed by atoms with Gasteiger partial charge in [0, 0.05) is 43.9 Å². The van der Waals surface area contributed by atoms with Crippen LogP contribution >= 0.6 is 0 Å². The summed E-state index contributed by atoms with van der Waals surface area (Å²) in [5.41, 5.74) is 1.57. The highest BCUT2D eigenvalue weighted by molar-refractivity contribution is 6.27. The summed E-state index contributed by atoms with van der Waals surface area (Å²) in [6, 6.07) is 9.18. The van der Waals surface area contributed by atoms with Gasteiger partial charge in [0.2, 0.25) is 5.75 Å². The molecule has 202 valence electrons. The smallest absolute Gasteiger partial charge is 0.414 e. The molecule has 1 aliphatic rings. The Labute approximate surface area is 214 Å². The molecule has 1 fully saturated rings. The highest BCUT2D eigenvalue weighted by atomic mass is 16.5. The predicted octanol–water partition coefficient (Wildman–Crippen LogP) is 1.84. The molecule has 0 aromatic heterocycles. The molecule has 1 saturated heterocycles. The Bertz CT molecular complexity index is 1060. The van der Waals surface area contributed by atoms with Crippen molar-refractivity contribution in [1.82, 2.24) is 9.80 Å². The van der Waals surface area contributed by atoms with Crippen molar-refractivity contribution in [1.29, 1.82) is 0 Å². The fraction of sp³-hybridized carbons (Fsp3) is 0.400. The van der Waals surface area contributed by atoms with Gasteiger partial charge in [0.15, 0.2) is 11.5 Å². The maximum absolute atomic E-state index is 13.1. The molecule has 0 aliphatic carbocycles. The van der Waals surface area contributed by atoms with E-state index < -0.39 is 11.9 Å². The molecule has 0 bridgehead atoms. The van der Waals surface area contributed by atoms with E-state index in [-0.39, 0.29) is 5.91 Å². The van der Waals surface area contributed by atoms with E-state index in [0.29, 0.717) is 35.9 Å². The average molecular weight is 521 g/mol. The Morgan fingerprint density at radius 3 is 1.70 bits per heavy atom. The van der Waals surface area contributed by atoms with Gasteiger partial charge < -0.3 is 38.8 Å². The Kier molecular flexibility index (Phi) is 10.8. The Morgan fingerprint density at radius 1 is 0.730 bits per heavy atom. The van der Waals surface area contributed by atoms with Crippen LogP contribution in [-0.2, 0) is 16.1 Å². The fourth-order valence-electron chi connectivity index (χ4n) is 3.74. The third-order valence-electron chi connectivity index (χ3n) is 5.64. The highest BCUT2D eigenvalue weighted by Gasteiger charge is 2.25. The third-order valence-corrected chi connectivity index (χ3v) is 5.64. The number of aliphatic carboxylic acids is 2. The van der Waals surface area contributed by atoms with Crippen LogP contribution in [-0.4, -0.2) is 99.6 Å². The number of methoxy groups -OCH3 is 5. The molecular weight excluding hydrogens is 488 g/mol. The van der Waals surface area contributed by atoms with Gasteiger partial charge in [0.25, 0.3) is 5.91 Å². The lowest BCUT2D eigenvalue weighted by atomic mass is 10.1. The quantitative estimate of drug-likeness (QED) is 0.492. The number of amides is 1. The van der Waals surface area contributed by atoms with Crippen molar-refractivity contribution in [3.63, 3.8) is 0 Å². The van der Waals surface area contributed by atoms with Crippen LogP contribution in [0, 0.1) is 0 Å². The van der Waals surface area contributed by atoms with Crippen LogP contribution in [0.25, 0.3) is 0 Å². The zero-order valence-electron chi connectivity index (χ0n) is 21.5. The number of hydrogen-bond donors (Lipinski definition) is 2. The summed E-state index contributed by atoms with van der Waals surface area (Å²) in [5, 5.41) is 14.8. The largest absolute Gasteiger partial charge is 0.497 e. The summed E-state index contributed by atoms with van der Waals surface area (Å²) < 4.78 is 26.9. The van der Waals surface area contributed by atoms with Crippen molar-refractivity contribution < 1.29 is 48.3 Å². The van der Waals surface area contributed by atoms with Crippen LogP contribution in [0.5, 0.6) is 28.7 Å². The zero-order chi connectivity index (χ0) is 27.5. The summed E-state index contributed by atoms with van der Waals surface area (Å²) >= 11 is 0. The topological polar surface area (TPSA) is 144 Å². The first-order valence-electron chi connectivity index (χ1n) is 11.2.